The Labute approximate surface area is 160 Å². The van der Waals surface area contributed by atoms with Crippen LogP contribution >= 0.6 is 0 Å². The number of nitrogens with zero attached hydrogens (tertiary/aromatic N) is 3. The van der Waals surface area contributed by atoms with Crippen molar-refractivity contribution in [1.82, 2.24) is 15.3 Å². The van der Waals surface area contributed by atoms with Crippen molar-refractivity contribution in [2.24, 2.45) is 5.92 Å². The molecule has 6 nitrogen and oxygen atoms in total. The lowest BCUT2D eigenvalue weighted by Gasteiger charge is -2.25. The number of hydrogen-bond donors (Lipinski definition) is 3. The summed E-state index contributed by atoms with van der Waals surface area (Å²) in [6, 6.07) is 6.73. The highest BCUT2D eigenvalue weighted by atomic mass is 15.3. The minimum atomic E-state index is 0.356. The van der Waals surface area contributed by atoms with Crippen molar-refractivity contribution in [3.8, 4) is 11.3 Å². The normalized spacial score (nSPS) is 26.9. The second-order valence-corrected chi connectivity index (χ2v) is 8.39. The van der Waals surface area contributed by atoms with Gasteiger partial charge in [-0.15, -0.1) is 0 Å². The van der Waals surface area contributed by atoms with E-state index in [4.69, 9.17) is 21.4 Å². The summed E-state index contributed by atoms with van der Waals surface area (Å²) in [5, 5.41) is 3.69. The Morgan fingerprint density at radius 1 is 1.15 bits per heavy atom. The van der Waals surface area contributed by atoms with Crippen LogP contribution in [0.25, 0.3) is 11.3 Å². The highest BCUT2D eigenvalue weighted by Crippen LogP contribution is 2.43. The molecule has 1 unspecified atom stereocenters. The maximum Gasteiger partial charge on any atom is 0.222 e. The predicted molar refractivity (Wildman–Crippen MR) is 110 cm³/mol. The molecule has 3 atom stereocenters. The monoisotopic (exact) mass is 364 g/mol. The molecule has 0 amide bonds. The fraction of sp³-hybridized carbons (Fsp3) is 0.524. The van der Waals surface area contributed by atoms with Gasteiger partial charge in [0, 0.05) is 35.9 Å². The third-order valence-electron chi connectivity index (χ3n) is 6.57. The summed E-state index contributed by atoms with van der Waals surface area (Å²) in [6.45, 7) is 5.47. The van der Waals surface area contributed by atoms with E-state index in [9.17, 15) is 0 Å². The molecule has 3 heterocycles. The van der Waals surface area contributed by atoms with Gasteiger partial charge in [0.15, 0.2) is 0 Å². The van der Waals surface area contributed by atoms with Crippen LogP contribution < -0.4 is 21.7 Å². The number of anilines is 3. The van der Waals surface area contributed by atoms with Gasteiger partial charge in [-0.05, 0) is 61.8 Å². The number of rotatable bonds is 1. The number of nitrogens with one attached hydrogen (secondary N) is 1. The van der Waals surface area contributed by atoms with Crippen LogP contribution in [0.3, 0.4) is 0 Å². The first kappa shape index (κ1) is 16.8. The van der Waals surface area contributed by atoms with Gasteiger partial charge in [-0.3, -0.25) is 0 Å². The molecule has 1 aromatic heterocycles. The maximum atomic E-state index is 6.19. The van der Waals surface area contributed by atoms with Gasteiger partial charge in [-0.1, -0.05) is 13.0 Å². The van der Waals surface area contributed by atoms with Crippen molar-refractivity contribution in [2.75, 3.05) is 36.0 Å². The first-order valence-corrected chi connectivity index (χ1v) is 10.1. The Hall–Kier alpha value is -2.34. The van der Waals surface area contributed by atoms with Crippen LogP contribution in [0.2, 0.25) is 0 Å². The average molecular weight is 364 g/mol. The van der Waals surface area contributed by atoms with Gasteiger partial charge in [0.1, 0.15) is 5.82 Å². The van der Waals surface area contributed by atoms with Crippen LogP contribution in [0.5, 0.6) is 0 Å². The van der Waals surface area contributed by atoms with Gasteiger partial charge in [0.2, 0.25) is 5.95 Å². The van der Waals surface area contributed by atoms with Crippen LogP contribution in [-0.2, 0) is 6.42 Å². The van der Waals surface area contributed by atoms with E-state index in [1.807, 2.05) is 12.1 Å². The van der Waals surface area contributed by atoms with E-state index in [0.29, 0.717) is 23.8 Å². The molecule has 1 aromatic carbocycles. The lowest BCUT2D eigenvalue weighted by molar-refractivity contribution is 0.340. The zero-order chi connectivity index (χ0) is 18.5. The summed E-state index contributed by atoms with van der Waals surface area (Å²) < 4.78 is 0. The van der Waals surface area contributed by atoms with Crippen LogP contribution in [-0.4, -0.2) is 35.6 Å². The first-order valence-electron chi connectivity index (χ1n) is 10.1. The molecule has 2 fully saturated rings. The summed E-state index contributed by atoms with van der Waals surface area (Å²) in [6.07, 6.45) is 4.68. The van der Waals surface area contributed by atoms with Crippen LogP contribution in [0.15, 0.2) is 18.2 Å². The molecule has 1 aliphatic carbocycles. The third kappa shape index (κ3) is 2.83. The number of nitrogens with two attached hydrogens (primary N) is 2. The second kappa shape index (κ2) is 6.37. The first-order chi connectivity index (χ1) is 13.1. The van der Waals surface area contributed by atoms with Crippen molar-refractivity contribution in [3.05, 3.63) is 29.3 Å². The SMILES string of the molecule is CC1CCc2ccc(N)cc2-c2nc(N)nc(N3C[C@H]4CCCN[C@H]4C3)c21. The van der Waals surface area contributed by atoms with Crippen LogP contribution in [0.4, 0.5) is 17.5 Å². The summed E-state index contributed by atoms with van der Waals surface area (Å²) in [7, 11) is 0. The minimum absolute atomic E-state index is 0.356. The molecular formula is C21H28N6. The number of aromatic nitrogens is 2. The quantitative estimate of drug-likeness (QED) is 0.674. The highest BCUT2D eigenvalue weighted by Gasteiger charge is 2.37. The number of nitrogen functional groups attached to an aromatic ring is 2. The summed E-state index contributed by atoms with van der Waals surface area (Å²) >= 11 is 0. The fourth-order valence-electron chi connectivity index (χ4n) is 5.14. The van der Waals surface area contributed by atoms with E-state index in [1.165, 1.54) is 24.0 Å². The Bertz CT molecular complexity index is 865. The standard InChI is InChI=1S/C21H28N6/c1-12-4-5-13-6-7-15(22)9-16(13)19-18(12)20(26-21(23)25-19)27-10-14-3-2-8-24-17(14)11-27/h6-7,9,12,14,17,24H,2-5,8,10-11,22H2,1H3,(H2,23,25,26)/t12?,14-,17+/m1/s1. The summed E-state index contributed by atoms with van der Waals surface area (Å²) in [5.41, 5.74) is 17.7. The van der Waals surface area contributed by atoms with Crippen LogP contribution in [0.1, 0.15) is 43.2 Å². The van der Waals surface area contributed by atoms with Gasteiger partial charge in [0.05, 0.1) is 5.69 Å². The Kier molecular flexibility index (Phi) is 3.97. The van der Waals surface area contributed by atoms with E-state index >= 15 is 0 Å². The minimum Gasteiger partial charge on any atom is -0.399 e. The smallest absolute Gasteiger partial charge is 0.222 e. The Morgan fingerprint density at radius 3 is 2.89 bits per heavy atom. The zero-order valence-corrected chi connectivity index (χ0v) is 15.9. The maximum absolute atomic E-state index is 6.19. The molecule has 6 heteroatoms. The Morgan fingerprint density at radius 2 is 2.04 bits per heavy atom. The number of piperidine rings is 1. The van der Waals surface area contributed by atoms with Crippen molar-refractivity contribution in [3.63, 3.8) is 0 Å². The molecule has 27 heavy (non-hydrogen) atoms. The van der Waals surface area contributed by atoms with Crippen molar-refractivity contribution in [1.29, 1.82) is 0 Å². The van der Waals surface area contributed by atoms with Gasteiger partial charge < -0.3 is 21.7 Å². The molecule has 142 valence electrons. The van der Waals surface area contributed by atoms with E-state index in [0.717, 1.165) is 55.2 Å². The molecule has 2 aliphatic heterocycles. The number of fused-ring (bicyclic) bond motifs is 4. The lowest BCUT2D eigenvalue weighted by atomic mass is 9.94. The third-order valence-corrected chi connectivity index (χ3v) is 6.57. The summed E-state index contributed by atoms with van der Waals surface area (Å²) in [4.78, 5) is 11.9. The predicted octanol–water partition coefficient (Wildman–Crippen LogP) is 2.55. The van der Waals surface area contributed by atoms with E-state index < -0.39 is 0 Å². The molecular weight excluding hydrogens is 336 g/mol. The largest absolute Gasteiger partial charge is 0.399 e. The van der Waals surface area contributed by atoms with E-state index in [2.05, 4.69) is 23.2 Å². The van der Waals surface area contributed by atoms with E-state index in [1.54, 1.807) is 0 Å². The van der Waals surface area contributed by atoms with Crippen molar-refractivity contribution >= 4 is 17.5 Å². The van der Waals surface area contributed by atoms with E-state index in [-0.39, 0.29) is 0 Å². The van der Waals surface area contributed by atoms with Gasteiger partial charge in [-0.25, -0.2) is 4.98 Å². The number of aryl methyl sites for hydroxylation is 1. The van der Waals surface area contributed by atoms with Gasteiger partial charge in [0.25, 0.3) is 0 Å². The van der Waals surface area contributed by atoms with Gasteiger partial charge in [-0.2, -0.15) is 4.98 Å². The summed E-state index contributed by atoms with van der Waals surface area (Å²) in [5.74, 6) is 2.49. The van der Waals surface area contributed by atoms with Crippen LogP contribution in [0, 0.1) is 5.92 Å². The van der Waals surface area contributed by atoms with Crippen molar-refractivity contribution < 1.29 is 0 Å². The van der Waals surface area contributed by atoms with Crippen molar-refractivity contribution in [2.45, 2.75) is 44.6 Å². The molecule has 0 bridgehead atoms. The molecule has 3 aliphatic rings. The van der Waals surface area contributed by atoms with Gasteiger partial charge >= 0.3 is 0 Å². The topological polar surface area (TPSA) is 93.1 Å². The molecule has 2 saturated heterocycles. The molecule has 2 aromatic rings. The number of benzene rings is 1. The second-order valence-electron chi connectivity index (χ2n) is 8.39. The average Bonchev–Trinajstić information content (AvgIpc) is 3.04. The molecule has 0 saturated carbocycles. The highest BCUT2D eigenvalue weighted by molar-refractivity contribution is 5.77. The molecule has 0 radical (unpaired) electrons. The molecule has 5 N–H and O–H groups in total. The number of hydrogen-bond acceptors (Lipinski definition) is 6. The Balaban J connectivity index is 1.64. The fourth-order valence-corrected chi connectivity index (χ4v) is 5.14. The molecule has 5 rings (SSSR count). The zero-order valence-electron chi connectivity index (χ0n) is 15.9. The molecule has 0 spiro atoms. The lowest BCUT2D eigenvalue weighted by Crippen LogP contribution is -2.40.